The minimum atomic E-state index is -0.211. The van der Waals surface area contributed by atoms with Crippen molar-refractivity contribution in [3.8, 4) is 0 Å². The van der Waals surface area contributed by atoms with Crippen LogP contribution in [-0.4, -0.2) is 40.6 Å². The summed E-state index contributed by atoms with van der Waals surface area (Å²) in [5.41, 5.74) is 3.07. The maximum absolute atomic E-state index is 12.3. The summed E-state index contributed by atoms with van der Waals surface area (Å²) >= 11 is 0. The zero-order valence-corrected chi connectivity index (χ0v) is 16.1. The van der Waals surface area contributed by atoms with Crippen LogP contribution in [-0.2, 0) is 16.6 Å². The number of amides is 1. The van der Waals surface area contributed by atoms with Gasteiger partial charge in [0.15, 0.2) is 0 Å². The van der Waals surface area contributed by atoms with Crippen molar-refractivity contribution in [1.82, 2.24) is 9.88 Å². The molecule has 1 aliphatic heterocycles. The van der Waals surface area contributed by atoms with Crippen LogP contribution in [0.4, 0.5) is 0 Å². The molecule has 1 spiro atoms. The number of carbonyl (C=O) groups is 1. The molecule has 1 atom stereocenters. The molecule has 0 radical (unpaired) electrons. The van der Waals surface area contributed by atoms with Gasteiger partial charge in [-0.2, -0.15) is 0 Å². The fourth-order valence-electron chi connectivity index (χ4n) is 4.48. The molecule has 4 heteroatoms. The maximum Gasteiger partial charge on any atom is 0.228 e. The SMILES string of the molecule is CC[C@H](CO)C(=O)N1CC2(CC(Cc3cc(C(C)(C)C)ccn3)C2)C1. The zero-order chi connectivity index (χ0) is 18.2. The van der Waals surface area contributed by atoms with E-state index >= 15 is 0 Å². The highest BCUT2D eigenvalue weighted by Gasteiger charge is 2.53. The van der Waals surface area contributed by atoms with Crippen molar-refractivity contribution in [2.75, 3.05) is 19.7 Å². The molecule has 4 nitrogen and oxygen atoms in total. The number of aliphatic hydroxyl groups is 1. The van der Waals surface area contributed by atoms with E-state index in [2.05, 4.69) is 37.9 Å². The molecule has 3 rings (SSSR count). The van der Waals surface area contributed by atoms with E-state index in [0.29, 0.717) is 11.3 Å². The Labute approximate surface area is 151 Å². The first-order chi connectivity index (χ1) is 11.8. The van der Waals surface area contributed by atoms with Gasteiger partial charge in [-0.25, -0.2) is 0 Å². The van der Waals surface area contributed by atoms with Crippen LogP contribution in [0.5, 0.6) is 0 Å². The first-order valence-electron chi connectivity index (χ1n) is 9.61. The average molecular weight is 344 g/mol. The molecule has 1 aliphatic carbocycles. The van der Waals surface area contributed by atoms with Crippen LogP contribution in [0.3, 0.4) is 0 Å². The van der Waals surface area contributed by atoms with Crippen LogP contribution in [0.25, 0.3) is 0 Å². The fourth-order valence-corrected chi connectivity index (χ4v) is 4.48. The van der Waals surface area contributed by atoms with Crippen molar-refractivity contribution in [3.63, 3.8) is 0 Å². The summed E-state index contributed by atoms with van der Waals surface area (Å²) in [4.78, 5) is 18.8. The summed E-state index contributed by atoms with van der Waals surface area (Å²) < 4.78 is 0. The second-order valence-electron chi connectivity index (χ2n) is 9.25. The normalized spacial score (nSPS) is 20.9. The van der Waals surface area contributed by atoms with Crippen molar-refractivity contribution < 1.29 is 9.90 Å². The van der Waals surface area contributed by atoms with Crippen LogP contribution >= 0.6 is 0 Å². The summed E-state index contributed by atoms with van der Waals surface area (Å²) in [6.07, 6.45) is 6.11. The summed E-state index contributed by atoms with van der Waals surface area (Å²) in [5, 5.41) is 9.30. The topological polar surface area (TPSA) is 53.4 Å². The highest BCUT2D eigenvalue weighted by atomic mass is 16.3. The number of nitrogens with zero attached hydrogens (tertiary/aromatic N) is 2. The molecule has 2 fully saturated rings. The number of hydrogen-bond donors (Lipinski definition) is 1. The predicted molar refractivity (Wildman–Crippen MR) is 99.2 cm³/mol. The van der Waals surface area contributed by atoms with E-state index in [4.69, 9.17) is 0 Å². The van der Waals surface area contributed by atoms with Crippen molar-refractivity contribution >= 4 is 5.91 Å². The molecule has 1 saturated heterocycles. The molecule has 0 aromatic carbocycles. The zero-order valence-electron chi connectivity index (χ0n) is 16.1. The van der Waals surface area contributed by atoms with Crippen molar-refractivity contribution in [2.45, 2.75) is 58.8 Å². The largest absolute Gasteiger partial charge is 0.396 e. The number of rotatable bonds is 5. The third-order valence-corrected chi connectivity index (χ3v) is 6.05. The van der Waals surface area contributed by atoms with Crippen LogP contribution in [0.1, 0.15) is 58.2 Å². The molecule has 1 aromatic rings. The second-order valence-corrected chi connectivity index (χ2v) is 9.25. The van der Waals surface area contributed by atoms with Gasteiger partial charge in [0, 0.05) is 30.4 Å². The first kappa shape index (κ1) is 18.4. The lowest BCUT2D eigenvalue weighted by Crippen LogP contribution is -2.65. The lowest BCUT2D eigenvalue weighted by atomic mass is 9.56. The smallest absolute Gasteiger partial charge is 0.228 e. The summed E-state index contributed by atoms with van der Waals surface area (Å²) in [5.74, 6) is 0.621. The molecule has 0 unspecified atom stereocenters. The lowest BCUT2D eigenvalue weighted by molar-refractivity contribution is -0.160. The van der Waals surface area contributed by atoms with Gasteiger partial charge in [-0.15, -0.1) is 0 Å². The molecule has 25 heavy (non-hydrogen) atoms. The summed E-state index contributed by atoms with van der Waals surface area (Å²) in [6.45, 7) is 10.4. The van der Waals surface area contributed by atoms with Crippen molar-refractivity contribution in [2.24, 2.45) is 17.3 Å². The van der Waals surface area contributed by atoms with E-state index in [1.54, 1.807) is 0 Å². The van der Waals surface area contributed by atoms with Gasteiger partial charge in [0.05, 0.1) is 12.5 Å². The van der Waals surface area contributed by atoms with Crippen molar-refractivity contribution in [1.29, 1.82) is 0 Å². The Hall–Kier alpha value is -1.42. The Kier molecular flexibility index (Phi) is 4.93. The van der Waals surface area contributed by atoms with Gasteiger partial charge in [0.1, 0.15) is 0 Å². The molecule has 2 heterocycles. The van der Waals surface area contributed by atoms with Gasteiger partial charge in [0.25, 0.3) is 0 Å². The number of hydrogen-bond acceptors (Lipinski definition) is 3. The Bertz CT molecular complexity index is 617. The molecule has 1 aromatic heterocycles. The number of likely N-dealkylation sites (tertiary alicyclic amines) is 1. The highest BCUT2D eigenvalue weighted by molar-refractivity contribution is 5.80. The molecular formula is C21H32N2O2. The van der Waals surface area contributed by atoms with Crippen LogP contribution < -0.4 is 0 Å². The summed E-state index contributed by atoms with van der Waals surface area (Å²) in [6, 6.07) is 4.38. The minimum absolute atomic E-state index is 0.0305. The maximum atomic E-state index is 12.3. The van der Waals surface area contributed by atoms with Gasteiger partial charge in [0.2, 0.25) is 5.91 Å². The molecule has 1 N–H and O–H groups in total. The van der Waals surface area contributed by atoms with Gasteiger partial charge < -0.3 is 10.0 Å². The van der Waals surface area contributed by atoms with E-state index < -0.39 is 0 Å². The Balaban J connectivity index is 1.49. The van der Waals surface area contributed by atoms with Gasteiger partial charge in [-0.1, -0.05) is 27.7 Å². The summed E-state index contributed by atoms with van der Waals surface area (Å²) in [7, 11) is 0. The van der Waals surface area contributed by atoms with E-state index in [-0.39, 0.29) is 23.8 Å². The van der Waals surface area contributed by atoms with Gasteiger partial charge in [-0.05, 0) is 54.7 Å². The molecule has 1 saturated carbocycles. The quantitative estimate of drug-likeness (QED) is 0.892. The number of carbonyl (C=O) groups excluding carboxylic acids is 1. The van der Waals surface area contributed by atoms with Crippen LogP contribution in [0, 0.1) is 17.3 Å². The average Bonchev–Trinajstić information content (AvgIpc) is 2.48. The fraction of sp³-hybridized carbons (Fsp3) is 0.714. The van der Waals surface area contributed by atoms with Crippen LogP contribution in [0.15, 0.2) is 18.3 Å². The number of aromatic nitrogens is 1. The standard InChI is InChI=1S/C21H32N2O2/c1-5-16(12-24)19(25)23-13-21(14-23)10-15(11-21)8-18-9-17(6-7-22-18)20(2,3)4/h6-7,9,15-16,24H,5,8,10-14H2,1-4H3/t16-/m1/s1. The minimum Gasteiger partial charge on any atom is -0.396 e. The number of aliphatic hydroxyl groups excluding tert-OH is 1. The molecule has 2 aliphatic rings. The van der Waals surface area contributed by atoms with Crippen LogP contribution in [0.2, 0.25) is 0 Å². The molecule has 1 amide bonds. The molecule has 0 bridgehead atoms. The Morgan fingerprint density at radius 1 is 1.40 bits per heavy atom. The van der Waals surface area contributed by atoms with Gasteiger partial charge >= 0.3 is 0 Å². The van der Waals surface area contributed by atoms with E-state index in [9.17, 15) is 9.90 Å². The second kappa shape index (κ2) is 6.71. The predicted octanol–water partition coefficient (Wildman–Crippen LogP) is 3.18. The van der Waals surface area contributed by atoms with E-state index in [1.807, 2.05) is 18.0 Å². The Morgan fingerprint density at radius 3 is 2.64 bits per heavy atom. The number of pyridine rings is 1. The van der Waals surface area contributed by atoms with Gasteiger partial charge in [-0.3, -0.25) is 9.78 Å². The Morgan fingerprint density at radius 2 is 2.08 bits per heavy atom. The van der Waals surface area contributed by atoms with E-state index in [0.717, 1.165) is 25.9 Å². The van der Waals surface area contributed by atoms with E-state index in [1.165, 1.54) is 24.1 Å². The first-order valence-corrected chi connectivity index (χ1v) is 9.61. The monoisotopic (exact) mass is 344 g/mol. The third-order valence-electron chi connectivity index (χ3n) is 6.05. The lowest BCUT2D eigenvalue weighted by Gasteiger charge is -2.59. The van der Waals surface area contributed by atoms with Crippen molar-refractivity contribution in [3.05, 3.63) is 29.6 Å². The highest BCUT2D eigenvalue weighted by Crippen LogP contribution is 2.53. The molecule has 138 valence electrons. The third kappa shape index (κ3) is 3.74. The molecular weight excluding hydrogens is 312 g/mol.